The van der Waals surface area contributed by atoms with Gasteiger partial charge in [0, 0.05) is 5.56 Å². The van der Waals surface area contributed by atoms with Crippen LogP contribution in [0.15, 0.2) is 59.6 Å². The monoisotopic (exact) mass is 551 g/mol. The van der Waals surface area contributed by atoms with Crippen molar-refractivity contribution >= 4 is 22.9 Å². The topological polar surface area (TPSA) is 51.4 Å². The van der Waals surface area contributed by atoms with E-state index in [2.05, 4.69) is 22.3 Å². The summed E-state index contributed by atoms with van der Waals surface area (Å²) in [6.45, 7) is 3.68. The Morgan fingerprint density at radius 1 is 0.872 bits per heavy atom. The fourth-order valence-electron chi connectivity index (χ4n) is 4.77. The fraction of sp³-hybridized carbons (Fsp3) is 0.515. The minimum atomic E-state index is -0.0509. The van der Waals surface area contributed by atoms with Gasteiger partial charge in [0.05, 0.1) is 31.2 Å². The Hall–Kier alpha value is -2.86. The summed E-state index contributed by atoms with van der Waals surface area (Å²) >= 11 is 1.65. The molecule has 0 spiro atoms. The van der Waals surface area contributed by atoms with Crippen molar-refractivity contribution in [1.82, 2.24) is 0 Å². The summed E-state index contributed by atoms with van der Waals surface area (Å²) in [6.07, 6.45) is 18.2. The second-order valence-corrected chi connectivity index (χ2v) is 11.1. The van der Waals surface area contributed by atoms with Gasteiger partial charge in [-0.3, -0.25) is 4.79 Å². The molecule has 0 saturated carbocycles. The zero-order valence-electron chi connectivity index (χ0n) is 24.0. The summed E-state index contributed by atoms with van der Waals surface area (Å²) in [6, 6.07) is 13.7. The molecule has 0 aliphatic carbocycles. The minimum absolute atomic E-state index is 0.0509. The zero-order valence-corrected chi connectivity index (χ0v) is 24.8. The fourth-order valence-corrected chi connectivity index (χ4v) is 5.37. The summed E-state index contributed by atoms with van der Waals surface area (Å²) in [5, 5.41) is 5.12. The third-order valence-electron chi connectivity index (χ3n) is 7.02. The summed E-state index contributed by atoms with van der Waals surface area (Å²) < 4.78 is 13.7. The van der Waals surface area contributed by atoms with Gasteiger partial charge >= 0.3 is 0 Å². The Bertz CT molecular complexity index is 1080. The molecular weight excluding hydrogens is 504 g/mol. The third-order valence-corrected chi connectivity index (χ3v) is 7.69. The van der Waals surface area contributed by atoms with E-state index < -0.39 is 0 Å². The second-order valence-electron chi connectivity index (χ2n) is 10.3. The number of nitrogens with one attached hydrogen (secondary N) is 1. The molecule has 0 radical (unpaired) electrons. The molecule has 0 unspecified atom stereocenters. The summed E-state index contributed by atoms with van der Waals surface area (Å²) in [4.78, 5) is 12.8. The lowest BCUT2D eigenvalue weighted by Gasteiger charge is -2.13. The van der Waals surface area contributed by atoms with Gasteiger partial charge in [0.15, 0.2) is 24.2 Å². The highest BCUT2D eigenvalue weighted by Gasteiger charge is 2.13. The Kier molecular flexibility index (Phi) is 14.5. The van der Waals surface area contributed by atoms with Crippen molar-refractivity contribution in [2.75, 3.05) is 19.0 Å². The molecule has 0 bridgehead atoms. The van der Waals surface area contributed by atoms with E-state index in [1.807, 2.05) is 54.0 Å². The highest BCUT2D eigenvalue weighted by molar-refractivity contribution is 7.07. The number of benzene rings is 2. The summed E-state index contributed by atoms with van der Waals surface area (Å²) in [5.74, 6) is 1.36. The maximum atomic E-state index is 12.8. The number of hydrogen-bond donors (Lipinski definition) is 1. The summed E-state index contributed by atoms with van der Waals surface area (Å²) in [5.41, 5.74) is 4.88. The van der Waals surface area contributed by atoms with Crippen molar-refractivity contribution in [2.45, 2.75) is 96.9 Å². The Morgan fingerprint density at radius 3 is 2.23 bits per heavy atom. The average Bonchev–Trinajstić information content (AvgIpc) is 3.46. The van der Waals surface area contributed by atoms with Gasteiger partial charge < -0.3 is 14.8 Å². The van der Waals surface area contributed by atoms with Crippen LogP contribution in [0.2, 0.25) is 0 Å². The van der Waals surface area contributed by atoms with Crippen LogP contribution in [-0.2, 0) is 17.8 Å². The molecule has 6 heteroatoms. The van der Waals surface area contributed by atoms with E-state index in [0.29, 0.717) is 12.4 Å². The van der Waals surface area contributed by atoms with Crippen molar-refractivity contribution in [3.8, 4) is 11.5 Å². The van der Waals surface area contributed by atoms with E-state index in [1.54, 1.807) is 18.4 Å². The first-order valence-corrected chi connectivity index (χ1v) is 15.7. The van der Waals surface area contributed by atoms with Crippen molar-refractivity contribution in [3.05, 3.63) is 70.7 Å². The number of amides is 1. The van der Waals surface area contributed by atoms with Crippen molar-refractivity contribution in [1.29, 1.82) is 0 Å². The van der Waals surface area contributed by atoms with Gasteiger partial charge in [-0.25, -0.2) is 0 Å². The van der Waals surface area contributed by atoms with Crippen LogP contribution in [0.4, 0.5) is 5.69 Å². The molecule has 0 aliphatic heterocycles. The first kappa shape index (κ1) is 30.7. The lowest BCUT2D eigenvalue weighted by Crippen LogP contribution is -2.31. The average molecular weight is 552 g/mol. The maximum absolute atomic E-state index is 12.8. The SMILES string of the molecule is CCCCCCCCCCCCCCOc1ccc(CC(=O)Nc2ccccc2C[n+]2ccsc2)cc1OC. The third kappa shape index (κ3) is 11.8. The van der Waals surface area contributed by atoms with Gasteiger partial charge in [0.25, 0.3) is 0 Å². The second kappa shape index (κ2) is 18.4. The molecule has 0 fully saturated rings. The van der Waals surface area contributed by atoms with Gasteiger partial charge in [0.1, 0.15) is 0 Å². The molecule has 1 N–H and O–H groups in total. The van der Waals surface area contributed by atoms with E-state index in [4.69, 9.17) is 9.47 Å². The number of anilines is 1. The van der Waals surface area contributed by atoms with E-state index in [9.17, 15) is 4.79 Å². The summed E-state index contributed by atoms with van der Waals surface area (Å²) in [7, 11) is 1.65. The molecule has 5 nitrogen and oxygen atoms in total. The number of aromatic nitrogens is 1. The predicted molar refractivity (Wildman–Crippen MR) is 162 cm³/mol. The van der Waals surface area contributed by atoms with Crippen molar-refractivity contribution in [2.24, 2.45) is 0 Å². The number of carbonyl (C=O) groups is 1. The van der Waals surface area contributed by atoms with Crippen LogP contribution in [-0.4, -0.2) is 19.6 Å². The first-order chi connectivity index (χ1) is 19.2. The van der Waals surface area contributed by atoms with E-state index in [0.717, 1.165) is 35.5 Å². The molecule has 212 valence electrons. The number of para-hydroxylation sites is 1. The zero-order chi connectivity index (χ0) is 27.5. The van der Waals surface area contributed by atoms with Crippen molar-refractivity contribution < 1.29 is 18.8 Å². The Morgan fingerprint density at radius 2 is 1.56 bits per heavy atom. The standard InChI is InChI=1S/C33H46N2O3S/c1-3-4-5-6-7-8-9-10-11-12-13-16-22-38-31-20-19-28(24-32(31)37-2)25-33(36)34-30-18-15-14-17-29(30)26-35-21-23-39-27-35/h14-15,17-21,23-24,27H,3-13,16,22,25-26H2,1-2H3/p+1. The maximum Gasteiger partial charge on any atom is 0.228 e. The van der Waals surface area contributed by atoms with Gasteiger partial charge in [0.2, 0.25) is 11.4 Å². The highest BCUT2D eigenvalue weighted by atomic mass is 32.1. The molecule has 1 aromatic heterocycles. The number of hydrogen-bond acceptors (Lipinski definition) is 4. The lowest BCUT2D eigenvalue weighted by atomic mass is 10.1. The van der Waals surface area contributed by atoms with Crippen LogP contribution in [0.5, 0.6) is 11.5 Å². The molecule has 0 saturated heterocycles. The van der Waals surface area contributed by atoms with Gasteiger partial charge in [-0.1, -0.05) is 113 Å². The van der Waals surface area contributed by atoms with E-state index in [-0.39, 0.29) is 12.3 Å². The number of ether oxygens (including phenoxy) is 2. The Labute approximate surface area is 239 Å². The molecule has 0 aliphatic rings. The Balaban J connectivity index is 1.35. The molecule has 39 heavy (non-hydrogen) atoms. The molecular formula is C33H47N2O3S+. The van der Waals surface area contributed by atoms with Gasteiger partial charge in [-0.2, -0.15) is 4.57 Å². The van der Waals surface area contributed by atoms with Gasteiger partial charge in [-0.05, 0) is 30.2 Å². The largest absolute Gasteiger partial charge is 0.493 e. The number of carbonyl (C=O) groups excluding carboxylic acids is 1. The predicted octanol–water partition coefficient (Wildman–Crippen LogP) is 8.35. The molecule has 3 aromatic rings. The smallest absolute Gasteiger partial charge is 0.228 e. The molecule has 3 rings (SSSR count). The minimum Gasteiger partial charge on any atom is -0.493 e. The number of methoxy groups -OCH3 is 1. The van der Waals surface area contributed by atoms with Crippen LogP contribution in [0.25, 0.3) is 0 Å². The molecule has 2 aromatic carbocycles. The first-order valence-electron chi connectivity index (χ1n) is 14.8. The molecule has 0 atom stereocenters. The van der Waals surface area contributed by atoms with Gasteiger partial charge in [-0.15, -0.1) is 0 Å². The molecule has 1 amide bonds. The number of nitrogens with zero attached hydrogens (tertiary/aromatic N) is 1. The van der Waals surface area contributed by atoms with Crippen LogP contribution in [0.3, 0.4) is 0 Å². The van der Waals surface area contributed by atoms with Crippen molar-refractivity contribution in [3.63, 3.8) is 0 Å². The molecule has 1 heterocycles. The van der Waals surface area contributed by atoms with Crippen LogP contribution in [0.1, 0.15) is 95.1 Å². The normalized spacial score (nSPS) is 10.9. The van der Waals surface area contributed by atoms with E-state index >= 15 is 0 Å². The number of thiazole rings is 1. The number of unbranched alkanes of at least 4 members (excludes halogenated alkanes) is 11. The van der Waals surface area contributed by atoms with Crippen LogP contribution in [0, 0.1) is 0 Å². The van der Waals surface area contributed by atoms with E-state index in [1.165, 1.54) is 70.6 Å². The van der Waals surface area contributed by atoms with Crippen LogP contribution >= 0.6 is 11.3 Å². The highest BCUT2D eigenvalue weighted by Crippen LogP contribution is 2.29. The number of rotatable bonds is 20. The van der Waals surface area contributed by atoms with Crippen LogP contribution < -0.4 is 19.4 Å². The lowest BCUT2D eigenvalue weighted by molar-refractivity contribution is -0.683. The quantitative estimate of drug-likeness (QED) is 0.113.